The van der Waals surface area contributed by atoms with Crippen molar-refractivity contribution in [2.75, 3.05) is 23.7 Å². The summed E-state index contributed by atoms with van der Waals surface area (Å²) in [5, 5.41) is 11.0. The van der Waals surface area contributed by atoms with E-state index < -0.39 is 5.60 Å². The van der Waals surface area contributed by atoms with Gasteiger partial charge in [-0.25, -0.2) is 9.97 Å². The summed E-state index contributed by atoms with van der Waals surface area (Å²) in [6.07, 6.45) is 3.09. The first-order valence-corrected chi connectivity index (χ1v) is 6.53. The zero-order chi connectivity index (χ0) is 13.5. The second-order valence-electron chi connectivity index (χ2n) is 5.46. The molecule has 0 aliphatic carbocycles. The van der Waals surface area contributed by atoms with E-state index in [2.05, 4.69) is 14.9 Å². The highest BCUT2D eigenvalue weighted by atomic mass is 16.3. The molecule has 0 spiro atoms. The SMILES string of the molecule is CC1(O)CCN(c2ncnc3cc(N)ccc23)CC1. The average molecular weight is 258 g/mol. The van der Waals surface area contributed by atoms with Crippen LogP contribution in [0.4, 0.5) is 11.5 Å². The molecule has 19 heavy (non-hydrogen) atoms. The third-order valence-electron chi connectivity index (χ3n) is 3.78. The Labute approximate surface area is 112 Å². The Kier molecular flexibility index (Phi) is 2.78. The number of hydrogen-bond acceptors (Lipinski definition) is 5. The van der Waals surface area contributed by atoms with E-state index in [-0.39, 0.29) is 0 Å². The Balaban J connectivity index is 1.97. The molecule has 0 unspecified atom stereocenters. The van der Waals surface area contributed by atoms with Crippen molar-refractivity contribution in [3.63, 3.8) is 0 Å². The van der Waals surface area contributed by atoms with Crippen molar-refractivity contribution in [3.8, 4) is 0 Å². The molecule has 1 aromatic heterocycles. The van der Waals surface area contributed by atoms with Crippen LogP contribution in [0, 0.1) is 0 Å². The number of rotatable bonds is 1. The van der Waals surface area contributed by atoms with Gasteiger partial charge in [-0.15, -0.1) is 0 Å². The lowest BCUT2D eigenvalue weighted by Gasteiger charge is -2.36. The van der Waals surface area contributed by atoms with Crippen molar-refractivity contribution in [2.45, 2.75) is 25.4 Å². The van der Waals surface area contributed by atoms with Gasteiger partial charge < -0.3 is 15.7 Å². The van der Waals surface area contributed by atoms with E-state index in [0.29, 0.717) is 5.69 Å². The van der Waals surface area contributed by atoms with Gasteiger partial charge in [0.25, 0.3) is 0 Å². The first kappa shape index (κ1) is 12.2. The Morgan fingerprint density at radius 2 is 2.00 bits per heavy atom. The zero-order valence-corrected chi connectivity index (χ0v) is 11.0. The van der Waals surface area contributed by atoms with Gasteiger partial charge in [-0.1, -0.05) is 0 Å². The van der Waals surface area contributed by atoms with Crippen molar-refractivity contribution in [3.05, 3.63) is 24.5 Å². The number of nitrogen functional groups attached to an aromatic ring is 1. The summed E-state index contributed by atoms with van der Waals surface area (Å²) < 4.78 is 0. The quantitative estimate of drug-likeness (QED) is 0.759. The second kappa shape index (κ2) is 4.35. The van der Waals surface area contributed by atoms with Crippen LogP contribution < -0.4 is 10.6 Å². The van der Waals surface area contributed by atoms with Crippen LogP contribution in [0.5, 0.6) is 0 Å². The summed E-state index contributed by atoms with van der Waals surface area (Å²) in [5.41, 5.74) is 6.80. The van der Waals surface area contributed by atoms with Crippen LogP contribution in [0.25, 0.3) is 10.9 Å². The number of fused-ring (bicyclic) bond motifs is 1. The molecular weight excluding hydrogens is 240 g/mol. The predicted molar refractivity (Wildman–Crippen MR) is 76.0 cm³/mol. The summed E-state index contributed by atoms with van der Waals surface area (Å²) in [7, 11) is 0. The van der Waals surface area contributed by atoms with Gasteiger partial charge in [0.2, 0.25) is 0 Å². The number of benzene rings is 1. The molecular formula is C14H18N4O. The van der Waals surface area contributed by atoms with Gasteiger partial charge >= 0.3 is 0 Å². The Bertz CT molecular complexity index is 601. The maximum Gasteiger partial charge on any atom is 0.139 e. The van der Waals surface area contributed by atoms with E-state index >= 15 is 0 Å². The van der Waals surface area contributed by atoms with Crippen LogP contribution >= 0.6 is 0 Å². The predicted octanol–water partition coefficient (Wildman–Crippen LogP) is 1.56. The molecule has 1 aliphatic heterocycles. The summed E-state index contributed by atoms with van der Waals surface area (Å²) in [6, 6.07) is 5.70. The highest BCUT2D eigenvalue weighted by Crippen LogP contribution is 2.29. The van der Waals surface area contributed by atoms with Crippen molar-refractivity contribution < 1.29 is 5.11 Å². The van der Waals surface area contributed by atoms with E-state index in [1.54, 1.807) is 6.33 Å². The lowest BCUT2D eigenvalue weighted by atomic mass is 9.94. The summed E-state index contributed by atoms with van der Waals surface area (Å²) in [5.74, 6) is 0.931. The monoisotopic (exact) mass is 258 g/mol. The molecule has 0 atom stereocenters. The molecule has 1 fully saturated rings. The minimum absolute atomic E-state index is 0.552. The van der Waals surface area contributed by atoms with Crippen LogP contribution in [-0.2, 0) is 0 Å². The molecule has 3 N–H and O–H groups in total. The molecule has 5 nitrogen and oxygen atoms in total. The molecule has 0 saturated carbocycles. The Morgan fingerprint density at radius 3 is 2.74 bits per heavy atom. The molecule has 0 bridgehead atoms. The number of nitrogens with zero attached hydrogens (tertiary/aromatic N) is 3. The number of anilines is 2. The molecule has 1 aromatic carbocycles. The fourth-order valence-corrected chi connectivity index (χ4v) is 2.51. The number of aliphatic hydroxyl groups is 1. The molecule has 3 rings (SSSR count). The summed E-state index contributed by atoms with van der Waals surface area (Å²) >= 11 is 0. The zero-order valence-electron chi connectivity index (χ0n) is 11.0. The molecule has 0 radical (unpaired) electrons. The van der Waals surface area contributed by atoms with Gasteiger partial charge in [0.1, 0.15) is 12.1 Å². The second-order valence-corrected chi connectivity index (χ2v) is 5.46. The molecule has 5 heteroatoms. The van der Waals surface area contributed by atoms with Gasteiger partial charge in [0.15, 0.2) is 0 Å². The van der Waals surface area contributed by atoms with Crippen LogP contribution in [-0.4, -0.2) is 33.8 Å². The number of hydrogen-bond donors (Lipinski definition) is 2. The van der Waals surface area contributed by atoms with Crippen molar-refractivity contribution in [1.29, 1.82) is 0 Å². The van der Waals surface area contributed by atoms with Gasteiger partial charge in [-0.2, -0.15) is 0 Å². The average Bonchev–Trinajstić information content (AvgIpc) is 2.38. The maximum absolute atomic E-state index is 10.0. The van der Waals surface area contributed by atoms with Gasteiger partial charge in [-0.05, 0) is 38.0 Å². The highest BCUT2D eigenvalue weighted by molar-refractivity contribution is 5.91. The fourth-order valence-electron chi connectivity index (χ4n) is 2.51. The molecule has 2 aromatic rings. The van der Waals surface area contributed by atoms with Crippen LogP contribution in [0.1, 0.15) is 19.8 Å². The smallest absolute Gasteiger partial charge is 0.139 e. The third-order valence-corrected chi connectivity index (χ3v) is 3.78. The number of nitrogens with two attached hydrogens (primary N) is 1. The molecule has 1 saturated heterocycles. The third kappa shape index (κ3) is 2.33. The molecule has 100 valence electrons. The first-order valence-electron chi connectivity index (χ1n) is 6.53. The van der Waals surface area contributed by atoms with Gasteiger partial charge in [-0.3, -0.25) is 0 Å². The lowest BCUT2D eigenvalue weighted by Crippen LogP contribution is -2.42. The molecule has 0 amide bonds. The van der Waals surface area contributed by atoms with Crippen molar-refractivity contribution in [2.24, 2.45) is 0 Å². The molecule has 2 heterocycles. The van der Waals surface area contributed by atoms with Gasteiger partial charge in [0.05, 0.1) is 11.1 Å². The van der Waals surface area contributed by atoms with E-state index in [4.69, 9.17) is 5.73 Å². The molecule has 1 aliphatic rings. The summed E-state index contributed by atoms with van der Waals surface area (Å²) in [4.78, 5) is 10.9. The number of piperidine rings is 1. The van der Waals surface area contributed by atoms with E-state index in [0.717, 1.165) is 42.7 Å². The highest BCUT2D eigenvalue weighted by Gasteiger charge is 2.28. The standard InChI is InChI=1S/C14H18N4O/c1-14(19)4-6-18(7-5-14)13-11-3-2-10(15)8-12(11)16-9-17-13/h2-3,8-9,19H,4-7,15H2,1H3. The minimum atomic E-state index is -0.552. The summed E-state index contributed by atoms with van der Waals surface area (Å²) in [6.45, 7) is 3.51. The van der Waals surface area contributed by atoms with Crippen molar-refractivity contribution in [1.82, 2.24) is 9.97 Å². The lowest BCUT2D eigenvalue weighted by molar-refractivity contribution is 0.0350. The van der Waals surface area contributed by atoms with E-state index in [1.807, 2.05) is 25.1 Å². The van der Waals surface area contributed by atoms with Crippen LogP contribution in [0.2, 0.25) is 0 Å². The van der Waals surface area contributed by atoms with E-state index in [9.17, 15) is 5.11 Å². The Morgan fingerprint density at radius 1 is 1.26 bits per heavy atom. The van der Waals surface area contributed by atoms with Crippen LogP contribution in [0.3, 0.4) is 0 Å². The normalized spacial score (nSPS) is 18.7. The van der Waals surface area contributed by atoms with Gasteiger partial charge in [0, 0.05) is 24.2 Å². The van der Waals surface area contributed by atoms with Crippen molar-refractivity contribution >= 4 is 22.4 Å². The van der Waals surface area contributed by atoms with Crippen LogP contribution in [0.15, 0.2) is 24.5 Å². The topological polar surface area (TPSA) is 75.3 Å². The largest absolute Gasteiger partial charge is 0.399 e. The Hall–Kier alpha value is -1.88. The minimum Gasteiger partial charge on any atom is -0.399 e. The first-order chi connectivity index (χ1) is 9.05. The fraction of sp³-hybridized carbons (Fsp3) is 0.429. The maximum atomic E-state index is 10.0. The number of aromatic nitrogens is 2. The van der Waals surface area contributed by atoms with E-state index in [1.165, 1.54) is 0 Å².